The lowest BCUT2D eigenvalue weighted by Crippen LogP contribution is -2.67. The molecule has 32 heavy (non-hydrogen) atoms. The van der Waals surface area contributed by atoms with Crippen LogP contribution >= 0.6 is 0 Å². The molecule has 0 aliphatic carbocycles. The van der Waals surface area contributed by atoms with Crippen molar-refractivity contribution in [3.63, 3.8) is 0 Å². The van der Waals surface area contributed by atoms with Gasteiger partial charge in [0.1, 0.15) is 5.54 Å². The first-order valence-corrected chi connectivity index (χ1v) is 10.6. The van der Waals surface area contributed by atoms with Crippen LogP contribution in [0.4, 0.5) is 13.2 Å². The third kappa shape index (κ3) is 5.14. The molecule has 4 N–H and O–H groups in total. The summed E-state index contributed by atoms with van der Waals surface area (Å²) >= 11 is 0. The lowest BCUT2D eigenvalue weighted by molar-refractivity contribution is -0.137. The number of benzene rings is 2. The van der Waals surface area contributed by atoms with E-state index in [0.717, 1.165) is 17.7 Å². The number of piperidine rings is 1. The van der Waals surface area contributed by atoms with Gasteiger partial charge in [-0.2, -0.15) is 13.2 Å². The molecular weight excluding hydrogens is 419 g/mol. The van der Waals surface area contributed by atoms with Crippen molar-refractivity contribution in [2.45, 2.75) is 50.0 Å². The Morgan fingerprint density at radius 2 is 1.91 bits per heavy atom. The van der Waals surface area contributed by atoms with E-state index >= 15 is 0 Å². The van der Waals surface area contributed by atoms with Gasteiger partial charge in [0.25, 0.3) is 0 Å². The van der Waals surface area contributed by atoms with Gasteiger partial charge in [-0.3, -0.25) is 4.79 Å². The molecule has 0 radical (unpaired) electrons. The highest BCUT2D eigenvalue weighted by atomic mass is 19.4. The highest BCUT2D eigenvalue weighted by Gasteiger charge is 2.45. The predicted octanol–water partition coefficient (Wildman–Crippen LogP) is 3.81. The summed E-state index contributed by atoms with van der Waals surface area (Å²) in [6.45, 7) is 3.85. The van der Waals surface area contributed by atoms with Crippen LogP contribution in [0.1, 0.15) is 48.1 Å². The molecule has 1 saturated heterocycles. The highest BCUT2D eigenvalue weighted by Crippen LogP contribution is 2.36. The molecule has 1 aliphatic heterocycles. The molecule has 174 valence electrons. The lowest BCUT2D eigenvalue weighted by atomic mass is 9.76. The Hall–Kier alpha value is -2.42. The summed E-state index contributed by atoms with van der Waals surface area (Å²) in [6.07, 6.45) is -3.99. The van der Waals surface area contributed by atoms with Gasteiger partial charge in [-0.25, -0.2) is 0 Å². The van der Waals surface area contributed by atoms with Gasteiger partial charge in [-0.15, -0.1) is 0 Å². The summed E-state index contributed by atoms with van der Waals surface area (Å²) in [6, 6.07) is 13.7. The first-order valence-electron chi connectivity index (χ1n) is 10.6. The number of aryl methyl sites for hydroxylation is 1. The SMILES string of the molecule is CNC(=O)[C@]1(N)CC[C@@](CO[C@H](C)c2cc(C)cc(C(F)(F)F)c2)(c2ccccc2)NC1. The van der Waals surface area contributed by atoms with Crippen molar-refractivity contribution in [3.05, 3.63) is 70.8 Å². The van der Waals surface area contributed by atoms with Gasteiger partial charge in [-0.1, -0.05) is 42.0 Å². The fraction of sp³-hybridized carbons (Fsp3) is 0.458. The number of hydrogen-bond donors (Lipinski definition) is 3. The second kappa shape index (κ2) is 9.21. The summed E-state index contributed by atoms with van der Waals surface area (Å²) in [7, 11) is 1.55. The van der Waals surface area contributed by atoms with E-state index in [2.05, 4.69) is 10.6 Å². The van der Waals surface area contributed by atoms with E-state index < -0.39 is 28.9 Å². The number of alkyl halides is 3. The first kappa shape index (κ1) is 24.2. The Morgan fingerprint density at radius 1 is 1.22 bits per heavy atom. The number of hydrogen-bond acceptors (Lipinski definition) is 4. The standard InChI is InChI=1S/C24H30F3N3O2/c1-16-11-18(13-20(12-16)24(25,26)27)17(2)32-15-23(19-7-5-4-6-8-19)10-9-22(28,14-30-23)21(31)29-3/h4-8,11-13,17,30H,9-10,14-15,28H2,1-3H3,(H,29,31)/t17-,22+,23-/m1/s1. The third-order valence-corrected chi connectivity index (χ3v) is 6.22. The Morgan fingerprint density at radius 3 is 2.47 bits per heavy atom. The van der Waals surface area contributed by atoms with Crippen LogP contribution < -0.4 is 16.4 Å². The van der Waals surface area contributed by atoms with Gasteiger partial charge in [0.15, 0.2) is 0 Å². The smallest absolute Gasteiger partial charge is 0.372 e. The molecule has 1 amide bonds. The normalized spacial score (nSPS) is 24.7. The van der Waals surface area contributed by atoms with E-state index in [1.807, 2.05) is 30.3 Å². The monoisotopic (exact) mass is 449 g/mol. The predicted molar refractivity (Wildman–Crippen MR) is 117 cm³/mol. The van der Waals surface area contributed by atoms with Crippen LogP contribution in [0.5, 0.6) is 0 Å². The van der Waals surface area contributed by atoms with Gasteiger partial charge < -0.3 is 21.1 Å². The number of carbonyl (C=O) groups excluding carboxylic acids is 1. The Balaban J connectivity index is 1.82. The van der Waals surface area contributed by atoms with Crippen LogP contribution in [0.25, 0.3) is 0 Å². The fourth-order valence-electron chi connectivity index (χ4n) is 4.17. The van der Waals surface area contributed by atoms with Gasteiger partial charge >= 0.3 is 6.18 Å². The van der Waals surface area contributed by atoms with E-state index in [1.54, 1.807) is 27.0 Å². The maximum absolute atomic E-state index is 13.2. The minimum absolute atomic E-state index is 0.220. The number of likely N-dealkylation sites (N-methyl/N-ethyl adjacent to an activating group) is 1. The number of carbonyl (C=O) groups is 1. The topological polar surface area (TPSA) is 76.4 Å². The maximum atomic E-state index is 13.2. The van der Waals surface area contributed by atoms with Crippen LogP contribution in [-0.2, 0) is 21.2 Å². The van der Waals surface area contributed by atoms with Crippen molar-refractivity contribution in [1.82, 2.24) is 10.6 Å². The molecule has 0 aromatic heterocycles. The van der Waals surface area contributed by atoms with E-state index in [9.17, 15) is 18.0 Å². The van der Waals surface area contributed by atoms with E-state index in [-0.39, 0.29) is 19.1 Å². The fourth-order valence-corrected chi connectivity index (χ4v) is 4.17. The van der Waals surface area contributed by atoms with Crippen molar-refractivity contribution in [3.8, 4) is 0 Å². The molecule has 3 atom stereocenters. The molecule has 1 aliphatic rings. The van der Waals surface area contributed by atoms with Crippen molar-refractivity contribution in [2.24, 2.45) is 5.73 Å². The summed E-state index contributed by atoms with van der Waals surface area (Å²) < 4.78 is 45.9. The molecule has 1 heterocycles. The second-order valence-corrected chi connectivity index (χ2v) is 8.62. The summed E-state index contributed by atoms with van der Waals surface area (Å²) in [5, 5.41) is 6.03. The minimum atomic E-state index is -4.42. The maximum Gasteiger partial charge on any atom is 0.416 e. The average Bonchev–Trinajstić information content (AvgIpc) is 2.77. The van der Waals surface area contributed by atoms with Crippen molar-refractivity contribution < 1.29 is 22.7 Å². The van der Waals surface area contributed by atoms with Crippen molar-refractivity contribution in [2.75, 3.05) is 20.2 Å². The molecule has 5 nitrogen and oxygen atoms in total. The van der Waals surface area contributed by atoms with Gasteiger partial charge in [0.05, 0.1) is 23.8 Å². The average molecular weight is 450 g/mol. The summed E-state index contributed by atoms with van der Waals surface area (Å²) in [4.78, 5) is 12.2. The largest absolute Gasteiger partial charge is 0.416 e. The molecule has 0 spiro atoms. The Kier molecular flexibility index (Phi) is 6.97. The highest BCUT2D eigenvalue weighted by molar-refractivity contribution is 5.86. The molecular formula is C24H30F3N3O2. The first-order chi connectivity index (χ1) is 15.0. The summed E-state index contributed by atoms with van der Waals surface area (Å²) in [5.41, 5.74) is 5.96. The minimum Gasteiger partial charge on any atom is -0.372 e. The number of nitrogens with two attached hydrogens (primary N) is 1. The van der Waals surface area contributed by atoms with Crippen LogP contribution in [-0.4, -0.2) is 31.6 Å². The zero-order chi connectivity index (χ0) is 23.6. The molecule has 0 saturated carbocycles. The Labute approximate surface area is 186 Å². The van der Waals surface area contributed by atoms with Crippen molar-refractivity contribution >= 4 is 5.91 Å². The number of halogens is 3. The van der Waals surface area contributed by atoms with Crippen LogP contribution in [0.3, 0.4) is 0 Å². The zero-order valence-corrected chi connectivity index (χ0v) is 18.6. The number of nitrogens with one attached hydrogen (secondary N) is 2. The molecule has 3 rings (SSSR count). The van der Waals surface area contributed by atoms with Gasteiger partial charge in [0.2, 0.25) is 5.91 Å². The van der Waals surface area contributed by atoms with E-state index in [0.29, 0.717) is 24.0 Å². The zero-order valence-electron chi connectivity index (χ0n) is 18.6. The lowest BCUT2D eigenvalue weighted by Gasteiger charge is -2.45. The van der Waals surface area contributed by atoms with Gasteiger partial charge in [0, 0.05) is 13.6 Å². The third-order valence-electron chi connectivity index (χ3n) is 6.22. The molecule has 0 unspecified atom stereocenters. The molecule has 8 heteroatoms. The number of ether oxygens (including phenoxy) is 1. The van der Waals surface area contributed by atoms with E-state index in [4.69, 9.17) is 10.5 Å². The van der Waals surface area contributed by atoms with Crippen LogP contribution in [0.15, 0.2) is 48.5 Å². The van der Waals surface area contributed by atoms with E-state index in [1.165, 1.54) is 0 Å². The molecule has 0 bridgehead atoms. The number of amides is 1. The molecule has 1 fully saturated rings. The quantitative estimate of drug-likeness (QED) is 0.627. The van der Waals surface area contributed by atoms with Crippen LogP contribution in [0.2, 0.25) is 0 Å². The second-order valence-electron chi connectivity index (χ2n) is 8.62. The molecule has 2 aromatic carbocycles. The van der Waals surface area contributed by atoms with Crippen molar-refractivity contribution in [1.29, 1.82) is 0 Å². The van der Waals surface area contributed by atoms with Gasteiger partial charge in [-0.05, 0) is 49.9 Å². The van der Waals surface area contributed by atoms with Crippen LogP contribution in [0, 0.1) is 6.92 Å². The summed E-state index contributed by atoms with van der Waals surface area (Å²) in [5.74, 6) is -0.236. The number of rotatable bonds is 6. The molecule has 2 aromatic rings. The Bertz CT molecular complexity index is 939.